The number of halogens is 2. The van der Waals surface area contributed by atoms with Gasteiger partial charge in [-0.25, -0.2) is 4.39 Å². The molecule has 0 saturated heterocycles. The molecule has 0 radical (unpaired) electrons. The fourth-order valence-electron chi connectivity index (χ4n) is 2.78. The van der Waals surface area contributed by atoms with Crippen molar-refractivity contribution in [2.75, 3.05) is 13.2 Å². The second-order valence-electron chi connectivity index (χ2n) is 6.19. The minimum absolute atomic E-state index is 0.00616. The van der Waals surface area contributed by atoms with Gasteiger partial charge in [0.05, 0.1) is 0 Å². The Morgan fingerprint density at radius 2 is 1.82 bits per heavy atom. The molecule has 0 aromatic heterocycles. The zero-order valence-corrected chi connectivity index (χ0v) is 16.7. The van der Waals surface area contributed by atoms with Gasteiger partial charge in [-0.15, -0.1) is 0 Å². The molecule has 1 atom stereocenters. The molecule has 0 spiro atoms. The van der Waals surface area contributed by atoms with Gasteiger partial charge >= 0.3 is 0 Å². The Balaban J connectivity index is 2.19. The highest BCUT2D eigenvalue weighted by Gasteiger charge is 2.28. The van der Waals surface area contributed by atoms with Gasteiger partial charge in [-0.3, -0.25) is 9.59 Å². The molecule has 2 aromatic carbocycles. The van der Waals surface area contributed by atoms with Crippen LogP contribution in [0.25, 0.3) is 0 Å². The highest BCUT2D eigenvalue weighted by molar-refractivity contribution is 6.30. The second-order valence-corrected chi connectivity index (χ2v) is 6.62. The minimum atomic E-state index is -0.660. The van der Waals surface area contributed by atoms with Gasteiger partial charge in [0.25, 0.3) is 5.91 Å². The third-order valence-electron chi connectivity index (χ3n) is 4.19. The number of rotatable bonds is 9. The van der Waals surface area contributed by atoms with E-state index in [9.17, 15) is 14.0 Å². The maximum Gasteiger partial charge on any atom is 0.261 e. The van der Waals surface area contributed by atoms with Crippen molar-refractivity contribution in [3.8, 4) is 5.75 Å². The summed E-state index contributed by atoms with van der Waals surface area (Å²) in [6, 6.07) is 12.3. The Morgan fingerprint density at radius 1 is 1.14 bits per heavy atom. The van der Waals surface area contributed by atoms with Crippen molar-refractivity contribution in [3.05, 3.63) is 64.9 Å². The first-order chi connectivity index (χ1) is 13.5. The number of nitrogens with zero attached hydrogens (tertiary/aromatic N) is 1. The van der Waals surface area contributed by atoms with Crippen molar-refractivity contribution in [2.24, 2.45) is 0 Å². The van der Waals surface area contributed by atoms with Crippen LogP contribution in [0.15, 0.2) is 48.5 Å². The number of carbonyl (C=O) groups excluding carboxylic acids is 2. The van der Waals surface area contributed by atoms with E-state index in [1.165, 1.54) is 17.0 Å². The molecule has 2 aromatic rings. The molecule has 5 nitrogen and oxygen atoms in total. The number of hydrogen-bond donors (Lipinski definition) is 1. The summed E-state index contributed by atoms with van der Waals surface area (Å²) in [5.74, 6) is -1.20. The van der Waals surface area contributed by atoms with E-state index >= 15 is 0 Å². The van der Waals surface area contributed by atoms with Gasteiger partial charge in [-0.05, 0) is 43.2 Å². The summed E-state index contributed by atoms with van der Waals surface area (Å²) in [7, 11) is 0. The number of hydrogen-bond acceptors (Lipinski definition) is 3. The molecule has 0 heterocycles. The van der Waals surface area contributed by atoms with Crippen molar-refractivity contribution in [2.45, 2.75) is 32.9 Å². The van der Waals surface area contributed by atoms with Gasteiger partial charge in [0.1, 0.15) is 6.04 Å². The van der Waals surface area contributed by atoms with E-state index in [1.807, 2.05) is 13.8 Å². The molecular weight excluding hydrogens is 383 g/mol. The molecule has 0 aliphatic heterocycles. The SMILES string of the molecule is CCNC(=O)C(CC)N(Cc1ccc(Cl)cc1)C(=O)COc1ccccc1F. The van der Waals surface area contributed by atoms with E-state index in [0.29, 0.717) is 18.0 Å². The van der Waals surface area contributed by atoms with Crippen molar-refractivity contribution in [1.29, 1.82) is 0 Å². The molecule has 150 valence electrons. The van der Waals surface area contributed by atoms with Crippen LogP contribution in [0, 0.1) is 5.82 Å². The van der Waals surface area contributed by atoms with Gasteiger partial charge in [-0.1, -0.05) is 42.8 Å². The topological polar surface area (TPSA) is 58.6 Å². The van der Waals surface area contributed by atoms with Crippen molar-refractivity contribution < 1.29 is 18.7 Å². The lowest BCUT2D eigenvalue weighted by Crippen LogP contribution is -2.50. The Kier molecular flexibility index (Phi) is 8.26. The highest BCUT2D eigenvalue weighted by atomic mass is 35.5. The average molecular weight is 407 g/mol. The number of nitrogens with one attached hydrogen (secondary N) is 1. The maximum absolute atomic E-state index is 13.8. The van der Waals surface area contributed by atoms with Crippen LogP contribution in [0.2, 0.25) is 5.02 Å². The summed E-state index contributed by atoms with van der Waals surface area (Å²) < 4.78 is 19.1. The fraction of sp³-hybridized carbons (Fsp3) is 0.333. The number of para-hydroxylation sites is 1. The fourth-order valence-corrected chi connectivity index (χ4v) is 2.91. The van der Waals surface area contributed by atoms with Gasteiger partial charge in [-0.2, -0.15) is 0 Å². The van der Waals surface area contributed by atoms with E-state index in [2.05, 4.69) is 5.32 Å². The third-order valence-corrected chi connectivity index (χ3v) is 4.44. The number of benzene rings is 2. The highest BCUT2D eigenvalue weighted by Crippen LogP contribution is 2.18. The quantitative estimate of drug-likeness (QED) is 0.689. The monoisotopic (exact) mass is 406 g/mol. The Morgan fingerprint density at radius 3 is 2.43 bits per heavy atom. The predicted octanol–water partition coefficient (Wildman–Crippen LogP) is 3.80. The summed E-state index contributed by atoms with van der Waals surface area (Å²) in [6.07, 6.45) is 0.435. The number of likely N-dealkylation sites (N-methyl/N-ethyl adjacent to an activating group) is 1. The molecule has 0 aliphatic carbocycles. The smallest absolute Gasteiger partial charge is 0.261 e. The molecule has 0 fully saturated rings. The number of carbonyl (C=O) groups is 2. The van der Waals surface area contributed by atoms with E-state index in [0.717, 1.165) is 5.56 Å². The van der Waals surface area contributed by atoms with Gasteiger partial charge < -0.3 is 15.0 Å². The lowest BCUT2D eigenvalue weighted by atomic mass is 10.1. The molecule has 28 heavy (non-hydrogen) atoms. The van der Waals surface area contributed by atoms with Gasteiger partial charge in [0.15, 0.2) is 18.2 Å². The Hall–Kier alpha value is -2.60. The molecule has 0 bridgehead atoms. The number of ether oxygens (including phenoxy) is 1. The molecule has 7 heteroatoms. The van der Waals surface area contributed by atoms with Crippen molar-refractivity contribution >= 4 is 23.4 Å². The predicted molar refractivity (Wildman–Crippen MR) is 107 cm³/mol. The minimum Gasteiger partial charge on any atom is -0.481 e. The van der Waals surface area contributed by atoms with Crippen LogP contribution >= 0.6 is 11.6 Å². The molecule has 1 unspecified atom stereocenters. The summed E-state index contributed by atoms with van der Waals surface area (Å²) >= 11 is 5.92. The van der Waals surface area contributed by atoms with Crippen molar-refractivity contribution in [3.63, 3.8) is 0 Å². The maximum atomic E-state index is 13.8. The van der Waals surface area contributed by atoms with Crippen LogP contribution in [-0.2, 0) is 16.1 Å². The molecule has 2 rings (SSSR count). The Bertz CT molecular complexity index is 798. The lowest BCUT2D eigenvalue weighted by molar-refractivity contribution is -0.143. The summed E-state index contributed by atoms with van der Waals surface area (Å²) in [5, 5.41) is 3.34. The third kappa shape index (κ3) is 5.96. The van der Waals surface area contributed by atoms with Crippen LogP contribution in [0.5, 0.6) is 5.75 Å². The van der Waals surface area contributed by atoms with Crippen LogP contribution in [-0.4, -0.2) is 35.9 Å². The standard InChI is InChI=1S/C21H24ClFN2O3/c1-3-18(21(27)24-4-2)25(13-15-9-11-16(22)12-10-15)20(26)14-28-19-8-6-5-7-17(19)23/h5-12,18H,3-4,13-14H2,1-2H3,(H,24,27). The van der Waals surface area contributed by atoms with E-state index in [1.54, 1.807) is 36.4 Å². The summed E-state index contributed by atoms with van der Waals surface area (Å²) in [6.45, 7) is 3.96. The van der Waals surface area contributed by atoms with Crippen LogP contribution < -0.4 is 10.1 Å². The van der Waals surface area contributed by atoms with E-state index in [-0.39, 0.29) is 24.8 Å². The molecular formula is C21H24ClFN2O3. The van der Waals surface area contributed by atoms with Gasteiger partial charge in [0.2, 0.25) is 5.91 Å². The first-order valence-corrected chi connectivity index (χ1v) is 9.53. The van der Waals surface area contributed by atoms with Crippen LogP contribution in [0.4, 0.5) is 4.39 Å². The molecule has 1 N–H and O–H groups in total. The van der Waals surface area contributed by atoms with Crippen LogP contribution in [0.3, 0.4) is 0 Å². The number of amides is 2. The molecule has 0 saturated carbocycles. The first-order valence-electron chi connectivity index (χ1n) is 9.15. The van der Waals surface area contributed by atoms with Gasteiger partial charge in [0, 0.05) is 18.1 Å². The molecule has 2 amide bonds. The zero-order chi connectivity index (χ0) is 20.5. The Labute approximate surface area is 169 Å². The summed E-state index contributed by atoms with van der Waals surface area (Å²) in [5.41, 5.74) is 0.825. The summed E-state index contributed by atoms with van der Waals surface area (Å²) in [4.78, 5) is 26.8. The normalized spacial score (nSPS) is 11.6. The first kappa shape index (κ1) is 21.7. The van der Waals surface area contributed by atoms with E-state index in [4.69, 9.17) is 16.3 Å². The second kappa shape index (κ2) is 10.7. The lowest BCUT2D eigenvalue weighted by Gasteiger charge is -2.30. The largest absolute Gasteiger partial charge is 0.481 e. The van der Waals surface area contributed by atoms with E-state index < -0.39 is 17.8 Å². The molecule has 0 aliphatic rings. The van der Waals surface area contributed by atoms with Crippen molar-refractivity contribution in [1.82, 2.24) is 10.2 Å². The average Bonchev–Trinajstić information content (AvgIpc) is 2.68. The zero-order valence-electron chi connectivity index (χ0n) is 16.0. The van der Waals surface area contributed by atoms with Crippen LogP contribution in [0.1, 0.15) is 25.8 Å².